The molecule has 1 aromatic heterocycles. The Morgan fingerprint density at radius 3 is 2.62 bits per heavy atom. The van der Waals surface area contributed by atoms with Crippen molar-refractivity contribution in [3.8, 4) is 0 Å². The predicted molar refractivity (Wildman–Crippen MR) is 103 cm³/mol. The molecule has 0 saturated carbocycles. The van der Waals surface area contributed by atoms with Crippen molar-refractivity contribution in [2.75, 3.05) is 6.54 Å². The zero-order chi connectivity index (χ0) is 18.5. The Labute approximate surface area is 163 Å². The Morgan fingerprint density at radius 1 is 1.12 bits per heavy atom. The molecule has 0 saturated heterocycles. The van der Waals surface area contributed by atoms with Gasteiger partial charge in [-0.25, -0.2) is 4.98 Å². The molecule has 3 rings (SSSR count). The van der Waals surface area contributed by atoms with Gasteiger partial charge in [-0.2, -0.15) is 0 Å². The number of esters is 1. The Hall–Kier alpha value is -2.44. The monoisotopic (exact) mass is 432 g/mol. The van der Waals surface area contributed by atoms with Gasteiger partial charge in [0.1, 0.15) is 18.3 Å². The van der Waals surface area contributed by atoms with E-state index in [2.05, 4.69) is 26.2 Å². The van der Waals surface area contributed by atoms with Gasteiger partial charge in [-0.1, -0.05) is 45.7 Å². The highest BCUT2D eigenvalue weighted by molar-refractivity contribution is 9.10. The SMILES string of the molecule is O=C(CNC(=O)c1ccc(Br)cc1)OCc1cc2ccccc2nc1Cl. The summed E-state index contributed by atoms with van der Waals surface area (Å²) in [7, 11) is 0. The van der Waals surface area contributed by atoms with E-state index in [1.807, 2.05) is 30.3 Å². The number of benzene rings is 2. The molecule has 0 atom stereocenters. The molecule has 7 heteroatoms. The van der Waals surface area contributed by atoms with Crippen LogP contribution in [0.5, 0.6) is 0 Å². The number of nitrogens with one attached hydrogen (secondary N) is 1. The molecule has 1 N–H and O–H groups in total. The van der Waals surface area contributed by atoms with Crippen molar-refractivity contribution in [1.29, 1.82) is 0 Å². The maximum atomic E-state index is 12.0. The van der Waals surface area contributed by atoms with Crippen molar-refractivity contribution >= 4 is 50.3 Å². The van der Waals surface area contributed by atoms with E-state index in [1.54, 1.807) is 24.3 Å². The summed E-state index contributed by atoms with van der Waals surface area (Å²) >= 11 is 9.43. The Balaban J connectivity index is 1.55. The lowest BCUT2D eigenvalue weighted by Crippen LogP contribution is -2.30. The summed E-state index contributed by atoms with van der Waals surface area (Å²) in [5.41, 5.74) is 1.84. The van der Waals surface area contributed by atoms with E-state index in [0.717, 1.165) is 15.4 Å². The molecule has 1 amide bonds. The maximum Gasteiger partial charge on any atom is 0.325 e. The smallest absolute Gasteiger partial charge is 0.325 e. The van der Waals surface area contributed by atoms with E-state index in [0.29, 0.717) is 11.1 Å². The van der Waals surface area contributed by atoms with Crippen LogP contribution in [0.25, 0.3) is 10.9 Å². The summed E-state index contributed by atoms with van der Waals surface area (Å²) in [6.07, 6.45) is 0. The molecular formula is C19H14BrClN2O3. The maximum absolute atomic E-state index is 12.0. The fraction of sp³-hybridized carbons (Fsp3) is 0.105. The van der Waals surface area contributed by atoms with Crippen molar-refractivity contribution in [3.05, 3.63) is 75.4 Å². The van der Waals surface area contributed by atoms with Crippen molar-refractivity contribution in [3.63, 3.8) is 0 Å². The highest BCUT2D eigenvalue weighted by Crippen LogP contribution is 2.21. The van der Waals surface area contributed by atoms with Gasteiger partial charge in [0.2, 0.25) is 0 Å². The number of carbonyl (C=O) groups excluding carboxylic acids is 2. The normalized spacial score (nSPS) is 10.5. The number of para-hydroxylation sites is 1. The zero-order valence-electron chi connectivity index (χ0n) is 13.5. The van der Waals surface area contributed by atoms with Crippen molar-refractivity contribution < 1.29 is 14.3 Å². The third-order valence-electron chi connectivity index (χ3n) is 3.64. The molecule has 0 fully saturated rings. The van der Waals surface area contributed by atoms with Crippen molar-refractivity contribution in [2.24, 2.45) is 0 Å². The minimum atomic E-state index is -0.556. The molecule has 0 aliphatic carbocycles. The van der Waals surface area contributed by atoms with Crippen LogP contribution in [-0.4, -0.2) is 23.4 Å². The number of aromatic nitrogens is 1. The Morgan fingerprint density at radius 2 is 1.85 bits per heavy atom. The largest absolute Gasteiger partial charge is 0.459 e. The topological polar surface area (TPSA) is 68.3 Å². The van der Waals surface area contributed by atoms with Crippen LogP contribution in [0.4, 0.5) is 0 Å². The highest BCUT2D eigenvalue weighted by atomic mass is 79.9. The summed E-state index contributed by atoms with van der Waals surface area (Å²) in [6.45, 7) is -0.239. The van der Waals surface area contributed by atoms with Crippen molar-refractivity contribution in [1.82, 2.24) is 10.3 Å². The summed E-state index contributed by atoms with van der Waals surface area (Å²) in [4.78, 5) is 28.1. The van der Waals surface area contributed by atoms with Gasteiger partial charge in [-0.15, -0.1) is 0 Å². The number of ether oxygens (including phenoxy) is 1. The average Bonchev–Trinajstić information content (AvgIpc) is 2.65. The molecule has 1 heterocycles. The number of hydrogen-bond donors (Lipinski definition) is 1. The molecule has 132 valence electrons. The molecule has 0 spiro atoms. The van der Waals surface area contributed by atoms with Gasteiger partial charge in [0.15, 0.2) is 0 Å². The van der Waals surface area contributed by atoms with Gasteiger partial charge in [0.25, 0.3) is 5.91 Å². The summed E-state index contributed by atoms with van der Waals surface area (Å²) < 4.78 is 6.05. The molecule has 2 aromatic carbocycles. The van der Waals surface area contributed by atoms with E-state index < -0.39 is 5.97 Å². The van der Waals surface area contributed by atoms with Crippen LogP contribution in [0.3, 0.4) is 0 Å². The third-order valence-corrected chi connectivity index (χ3v) is 4.49. The van der Waals surface area contributed by atoms with Gasteiger partial charge >= 0.3 is 5.97 Å². The van der Waals surface area contributed by atoms with Gasteiger partial charge in [-0.05, 0) is 36.4 Å². The fourth-order valence-corrected chi connectivity index (χ4v) is 2.77. The lowest BCUT2D eigenvalue weighted by molar-refractivity contribution is -0.143. The minimum Gasteiger partial charge on any atom is -0.459 e. The number of rotatable bonds is 5. The standard InChI is InChI=1S/C19H14BrClN2O3/c20-15-7-5-12(6-8-15)19(25)22-10-17(24)26-11-14-9-13-3-1-2-4-16(13)23-18(14)21/h1-9H,10-11H2,(H,22,25). The highest BCUT2D eigenvalue weighted by Gasteiger charge is 2.11. The molecule has 0 aliphatic rings. The van der Waals surface area contributed by atoms with E-state index in [-0.39, 0.29) is 24.2 Å². The second-order valence-corrected chi connectivity index (χ2v) is 6.75. The first-order valence-electron chi connectivity index (χ1n) is 7.76. The van der Waals surface area contributed by atoms with Crippen LogP contribution in [0.15, 0.2) is 59.1 Å². The van der Waals surface area contributed by atoms with Crippen LogP contribution in [0, 0.1) is 0 Å². The van der Waals surface area contributed by atoms with Crippen LogP contribution in [0.1, 0.15) is 15.9 Å². The van der Waals surface area contributed by atoms with Gasteiger partial charge in [0.05, 0.1) is 5.52 Å². The average molecular weight is 434 g/mol. The Bertz CT molecular complexity index is 961. The third kappa shape index (κ3) is 4.59. The molecular weight excluding hydrogens is 420 g/mol. The molecule has 0 aliphatic heterocycles. The first kappa shape index (κ1) is 18.4. The van der Waals surface area contributed by atoms with E-state index >= 15 is 0 Å². The Kier molecular flexibility index (Phi) is 5.85. The van der Waals surface area contributed by atoms with Crippen LogP contribution in [0.2, 0.25) is 5.15 Å². The van der Waals surface area contributed by atoms with Crippen molar-refractivity contribution in [2.45, 2.75) is 6.61 Å². The summed E-state index contributed by atoms with van der Waals surface area (Å²) in [6, 6.07) is 16.2. The van der Waals surface area contributed by atoms with E-state index in [4.69, 9.17) is 16.3 Å². The number of halogens is 2. The summed E-state index contributed by atoms with van der Waals surface area (Å²) in [5, 5.41) is 3.72. The lowest BCUT2D eigenvalue weighted by Gasteiger charge is -2.09. The number of carbonyl (C=O) groups is 2. The number of fused-ring (bicyclic) bond motifs is 1. The van der Waals surface area contributed by atoms with Gasteiger partial charge < -0.3 is 10.1 Å². The number of amides is 1. The lowest BCUT2D eigenvalue weighted by atomic mass is 10.2. The first-order chi connectivity index (χ1) is 12.5. The van der Waals surface area contributed by atoms with Gasteiger partial charge in [-0.3, -0.25) is 9.59 Å². The number of pyridine rings is 1. The second kappa shape index (κ2) is 8.29. The molecule has 5 nitrogen and oxygen atoms in total. The predicted octanol–water partition coefficient (Wildman–Crippen LogP) is 4.12. The minimum absolute atomic E-state index is 0.0103. The molecule has 0 unspecified atom stereocenters. The van der Waals surface area contributed by atoms with E-state index in [1.165, 1.54) is 0 Å². The van der Waals surface area contributed by atoms with Crippen LogP contribution < -0.4 is 5.32 Å². The summed E-state index contributed by atoms with van der Waals surface area (Å²) in [5.74, 6) is -0.903. The quantitative estimate of drug-likeness (QED) is 0.485. The van der Waals surface area contributed by atoms with Crippen LogP contribution >= 0.6 is 27.5 Å². The molecule has 0 bridgehead atoms. The zero-order valence-corrected chi connectivity index (χ0v) is 15.9. The fourth-order valence-electron chi connectivity index (χ4n) is 2.30. The van der Waals surface area contributed by atoms with Gasteiger partial charge in [0, 0.05) is 21.0 Å². The van der Waals surface area contributed by atoms with E-state index in [9.17, 15) is 9.59 Å². The second-order valence-electron chi connectivity index (χ2n) is 5.48. The number of hydrogen-bond acceptors (Lipinski definition) is 4. The molecule has 3 aromatic rings. The number of nitrogens with zero attached hydrogens (tertiary/aromatic N) is 1. The van der Waals surface area contributed by atoms with Crippen LogP contribution in [-0.2, 0) is 16.1 Å². The first-order valence-corrected chi connectivity index (χ1v) is 8.93. The molecule has 0 radical (unpaired) electrons. The molecule has 26 heavy (non-hydrogen) atoms.